The average Bonchev–Trinajstić information content (AvgIpc) is 3.51. The summed E-state index contributed by atoms with van der Waals surface area (Å²) in [5.41, 5.74) is 4.19. The molecule has 4 rings (SSSR count). The molecule has 2 aliphatic carbocycles. The molecule has 2 heterocycles. The van der Waals surface area contributed by atoms with Gasteiger partial charge in [-0.2, -0.15) is 0 Å². The summed E-state index contributed by atoms with van der Waals surface area (Å²) in [6.45, 7) is 0. The lowest BCUT2D eigenvalue weighted by atomic mass is 9.96. The number of rotatable bonds is 5. The van der Waals surface area contributed by atoms with Crippen LogP contribution in [0.3, 0.4) is 0 Å². The Hall–Kier alpha value is -2.63. The molecule has 1 atom stereocenters. The van der Waals surface area contributed by atoms with Crippen molar-refractivity contribution < 1.29 is 9.53 Å². The first-order valence-electron chi connectivity index (χ1n) is 9.28. The lowest BCUT2D eigenvalue weighted by Crippen LogP contribution is -2.33. The number of amides is 2. The van der Waals surface area contributed by atoms with Gasteiger partial charge in [0, 0.05) is 18.0 Å². The number of urea groups is 1. The molecule has 2 N–H and O–H groups in total. The maximum absolute atomic E-state index is 12.5. The van der Waals surface area contributed by atoms with E-state index in [9.17, 15) is 4.79 Å². The second kappa shape index (κ2) is 7.32. The minimum Gasteiger partial charge on any atom is -0.481 e. The van der Waals surface area contributed by atoms with Crippen LogP contribution in [0.1, 0.15) is 48.5 Å². The molecule has 26 heavy (non-hydrogen) atoms. The van der Waals surface area contributed by atoms with Crippen molar-refractivity contribution in [2.45, 2.75) is 44.6 Å². The van der Waals surface area contributed by atoms with Crippen molar-refractivity contribution in [2.24, 2.45) is 5.92 Å². The minimum absolute atomic E-state index is 0.0287. The normalized spacial score (nSPS) is 17.1. The molecule has 2 aromatic rings. The fourth-order valence-corrected chi connectivity index (χ4v) is 3.56. The number of methoxy groups -OCH3 is 1. The highest BCUT2D eigenvalue weighted by Crippen LogP contribution is 2.41. The Balaban J connectivity index is 1.43. The molecule has 2 aromatic heterocycles. The Morgan fingerprint density at radius 3 is 2.77 bits per heavy atom. The van der Waals surface area contributed by atoms with Crippen LogP contribution in [0.15, 0.2) is 30.6 Å². The Kier molecular flexibility index (Phi) is 4.73. The van der Waals surface area contributed by atoms with Crippen molar-refractivity contribution in [3.63, 3.8) is 0 Å². The van der Waals surface area contributed by atoms with Gasteiger partial charge in [-0.25, -0.2) is 9.78 Å². The molecule has 0 aliphatic heterocycles. The van der Waals surface area contributed by atoms with E-state index in [1.54, 1.807) is 19.5 Å². The summed E-state index contributed by atoms with van der Waals surface area (Å²) < 4.78 is 5.11. The number of ether oxygens (including phenoxy) is 1. The van der Waals surface area contributed by atoms with Gasteiger partial charge < -0.3 is 15.4 Å². The third-order valence-electron chi connectivity index (χ3n) is 5.13. The van der Waals surface area contributed by atoms with Crippen molar-refractivity contribution in [1.29, 1.82) is 0 Å². The number of hydrogen-bond donors (Lipinski definition) is 2. The number of anilines is 1. The standard InChI is InChI=1S/C20H24N4O2/c1-26-18-9-8-15(11-22-18)19(13-6-7-13)24-20(25)23-16-10-14-4-2-3-5-17(14)21-12-16/h8-13,19H,2-7H2,1H3,(H2,23,24,25). The zero-order valence-corrected chi connectivity index (χ0v) is 15.0. The van der Waals surface area contributed by atoms with Crippen LogP contribution in [0, 0.1) is 5.92 Å². The van der Waals surface area contributed by atoms with Crippen LogP contribution >= 0.6 is 0 Å². The number of nitrogens with one attached hydrogen (secondary N) is 2. The van der Waals surface area contributed by atoms with Crippen molar-refractivity contribution in [2.75, 3.05) is 12.4 Å². The average molecular weight is 352 g/mol. The van der Waals surface area contributed by atoms with Gasteiger partial charge in [0.25, 0.3) is 0 Å². The van der Waals surface area contributed by atoms with Crippen molar-refractivity contribution >= 4 is 11.7 Å². The SMILES string of the molecule is COc1ccc(C(NC(=O)Nc2cnc3c(c2)CCCC3)C2CC2)cn1. The van der Waals surface area contributed by atoms with Crippen LogP contribution in [0.2, 0.25) is 0 Å². The summed E-state index contributed by atoms with van der Waals surface area (Å²) in [6, 6.07) is 5.63. The van der Waals surface area contributed by atoms with Crippen molar-refractivity contribution in [3.05, 3.63) is 47.4 Å². The molecule has 136 valence electrons. The number of hydrogen-bond acceptors (Lipinski definition) is 4. The number of fused-ring (bicyclic) bond motifs is 1. The highest BCUT2D eigenvalue weighted by Gasteiger charge is 2.33. The van der Waals surface area contributed by atoms with Crippen LogP contribution in [0.25, 0.3) is 0 Å². The highest BCUT2D eigenvalue weighted by atomic mass is 16.5. The van der Waals surface area contributed by atoms with Gasteiger partial charge in [-0.15, -0.1) is 0 Å². The van der Waals surface area contributed by atoms with Crippen LogP contribution in [-0.2, 0) is 12.8 Å². The third kappa shape index (κ3) is 3.79. The Bertz CT molecular complexity index is 787. The molecular weight excluding hydrogens is 328 g/mol. The Morgan fingerprint density at radius 1 is 1.19 bits per heavy atom. The van der Waals surface area contributed by atoms with Crippen LogP contribution in [0.4, 0.5) is 10.5 Å². The summed E-state index contributed by atoms with van der Waals surface area (Å²) >= 11 is 0. The molecule has 2 aliphatic rings. The van der Waals surface area contributed by atoms with E-state index in [1.807, 2.05) is 12.1 Å². The van der Waals surface area contributed by atoms with Crippen molar-refractivity contribution in [1.82, 2.24) is 15.3 Å². The zero-order valence-electron chi connectivity index (χ0n) is 15.0. The molecule has 6 nitrogen and oxygen atoms in total. The van der Waals surface area contributed by atoms with E-state index in [-0.39, 0.29) is 12.1 Å². The van der Waals surface area contributed by atoms with E-state index in [2.05, 4.69) is 26.7 Å². The monoisotopic (exact) mass is 352 g/mol. The predicted molar refractivity (Wildman–Crippen MR) is 99.3 cm³/mol. The quantitative estimate of drug-likeness (QED) is 0.861. The Labute approximate surface area is 153 Å². The lowest BCUT2D eigenvalue weighted by molar-refractivity contribution is 0.247. The number of aryl methyl sites for hydroxylation is 2. The topological polar surface area (TPSA) is 76.1 Å². The molecule has 6 heteroatoms. The van der Waals surface area contributed by atoms with Gasteiger partial charge in [0.2, 0.25) is 5.88 Å². The smallest absolute Gasteiger partial charge is 0.319 e. The number of pyridine rings is 2. The van der Waals surface area contributed by atoms with E-state index >= 15 is 0 Å². The van der Waals surface area contributed by atoms with Gasteiger partial charge in [-0.3, -0.25) is 4.98 Å². The maximum atomic E-state index is 12.5. The molecular formula is C20H24N4O2. The fourth-order valence-electron chi connectivity index (χ4n) is 3.56. The van der Waals surface area contributed by atoms with Gasteiger partial charge in [-0.1, -0.05) is 6.07 Å². The number of aromatic nitrogens is 2. The summed E-state index contributed by atoms with van der Waals surface area (Å²) in [6.07, 6.45) is 10.3. The highest BCUT2D eigenvalue weighted by molar-refractivity contribution is 5.89. The fraction of sp³-hybridized carbons (Fsp3) is 0.450. The van der Waals surface area contributed by atoms with Crippen molar-refractivity contribution in [3.8, 4) is 5.88 Å². The summed E-state index contributed by atoms with van der Waals surface area (Å²) in [7, 11) is 1.60. The minimum atomic E-state index is -0.199. The van der Waals surface area contributed by atoms with E-state index in [1.165, 1.54) is 24.1 Å². The maximum Gasteiger partial charge on any atom is 0.319 e. The second-order valence-corrected chi connectivity index (χ2v) is 7.08. The summed E-state index contributed by atoms with van der Waals surface area (Å²) in [4.78, 5) is 21.3. The van der Waals surface area contributed by atoms with Crippen LogP contribution < -0.4 is 15.4 Å². The van der Waals surface area contributed by atoms with Gasteiger partial charge in [-0.05, 0) is 61.6 Å². The van der Waals surface area contributed by atoms with E-state index in [4.69, 9.17) is 4.74 Å². The molecule has 1 saturated carbocycles. The Morgan fingerprint density at radius 2 is 2.04 bits per heavy atom. The largest absolute Gasteiger partial charge is 0.481 e. The first-order valence-corrected chi connectivity index (χ1v) is 9.28. The van der Waals surface area contributed by atoms with Crippen LogP contribution in [0.5, 0.6) is 5.88 Å². The summed E-state index contributed by atoms with van der Waals surface area (Å²) in [5.74, 6) is 1.05. The van der Waals surface area contributed by atoms with Gasteiger partial charge in [0.15, 0.2) is 0 Å². The van der Waals surface area contributed by atoms with Gasteiger partial charge in [0.1, 0.15) is 0 Å². The summed E-state index contributed by atoms with van der Waals surface area (Å²) in [5, 5.41) is 6.04. The number of carbonyl (C=O) groups excluding carboxylic acids is 1. The molecule has 0 radical (unpaired) electrons. The molecule has 0 saturated heterocycles. The lowest BCUT2D eigenvalue weighted by Gasteiger charge is -2.20. The van der Waals surface area contributed by atoms with Gasteiger partial charge in [0.05, 0.1) is 25.0 Å². The zero-order chi connectivity index (χ0) is 17.9. The first-order chi connectivity index (χ1) is 12.7. The molecule has 0 bridgehead atoms. The molecule has 1 fully saturated rings. The molecule has 2 amide bonds. The van der Waals surface area contributed by atoms with Gasteiger partial charge >= 0.3 is 6.03 Å². The van der Waals surface area contributed by atoms with Crippen LogP contribution in [-0.4, -0.2) is 23.1 Å². The number of carbonyl (C=O) groups is 1. The molecule has 1 unspecified atom stereocenters. The van der Waals surface area contributed by atoms with E-state index in [0.717, 1.165) is 36.9 Å². The second-order valence-electron chi connectivity index (χ2n) is 7.08. The third-order valence-corrected chi connectivity index (χ3v) is 5.13. The van der Waals surface area contributed by atoms with E-state index in [0.29, 0.717) is 11.8 Å². The van der Waals surface area contributed by atoms with E-state index < -0.39 is 0 Å². The first kappa shape index (κ1) is 16.8. The molecule has 0 aromatic carbocycles. The molecule has 0 spiro atoms. The number of nitrogens with zero attached hydrogens (tertiary/aromatic N) is 2. The predicted octanol–water partition coefficient (Wildman–Crippen LogP) is 3.64.